The van der Waals surface area contributed by atoms with Gasteiger partial charge in [-0.2, -0.15) is 0 Å². The lowest BCUT2D eigenvalue weighted by Gasteiger charge is -2.09. The van der Waals surface area contributed by atoms with Gasteiger partial charge in [-0.25, -0.2) is 4.98 Å². The Bertz CT molecular complexity index is 2380. The van der Waals surface area contributed by atoms with Crippen LogP contribution in [0.3, 0.4) is 0 Å². The van der Waals surface area contributed by atoms with Crippen molar-refractivity contribution in [1.82, 2.24) is 29.1 Å². The van der Waals surface area contributed by atoms with Gasteiger partial charge in [-0.15, -0.1) is 0 Å². The van der Waals surface area contributed by atoms with Gasteiger partial charge in [-0.05, 0) is 72.8 Å². The van der Waals surface area contributed by atoms with E-state index in [1.165, 1.54) is 0 Å². The third kappa shape index (κ3) is 3.20. The summed E-state index contributed by atoms with van der Waals surface area (Å²) >= 11 is 0. The Morgan fingerprint density at radius 2 is 1.20 bits per heavy atom. The Morgan fingerprint density at radius 1 is 0.561 bits per heavy atom. The third-order valence-electron chi connectivity index (χ3n) is 7.74. The number of fused-ring (bicyclic) bond motifs is 7. The van der Waals surface area contributed by atoms with Crippen LogP contribution in [0.25, 0.3) is 77.8 Å². The Morgan fingerprint density at radius 3 is 1.83 bits per heavy atom. The molecule has 0 unspecified atom stereocenters. The number of pyridine rings is 3. The van der Waals surface area contributed by atoms with E-state index in [-0.39, 0.29) is 0 Å². The molecule has 0 N–H and O–H groups in total. The average Bonchev–Trinajstić information content (AvgIpc) is 3.71. The second kappa shape index (κ2) is 8.34. The largest absolute Gasteiger partial charge is 0.436 e. The molecular formula is C34H20N6O. The lowest BCUT2D eigenvalue weighted by Crippen LogP contribution is -1.94. The number of hydrogen-bond donors (Lipinski definition) is 0. The Hall–Kier alpha value is -5.82. The molecule has 0 saturated heterocycles. The first-order valence-electron chi connectivity index (χ1n) is 13.4. The molecule has 192 valence electrons. The zero-order valence-corrected chi connectivity index (χ0v) is 21.6. The number of rotatable bonds is 3. The molecule has 6 heterocycles. The van der Waals surface area contributed by atoms with E-state index in [0.717, 1.165) is 71.9 Å². The smallest absolute Gasteiger partial charge is 0.227 e. The van der Waals surface area contributed by atoms with E-state index in [1.54, 1.807) is 12.4 Å². The van der Waals surface area contributed by atoms with Crippen LogP contribution in [0, 0.1) is 0 Å². The van der Waals surface area contributed by atoms with Crippen molar-refractivity contribution in [3.8, 4) is 22.8 Å². The SMILES string of the molecule is c1ccc(-n2c3cc4c5ncccc5n(-c5ccc(-c6nc7cnccc7o6)cc5)c4cc3c3ncccc32)cc1. The molecule has 0 aliphatic carbocycles. The molecule has 6 aromatic heterocycles. The summed E-state index contributed by atoms with van der Waals surface area (Å²) in [5.41, 5.74) is 10.7. The molecule has 0 radical (unpaired) electrons. The lowest BCUT2D eigenvalue weighted by atomic mass is 10.1. The first kappa shape index (κ1) is 22.0. The molecule has 7 heteroatoms. The number of oxazole rings is 1. The topological polar surface area (TPSA) is 74.6 Å². The first-order valence-corrected chi connectivity index (χ1v) is 13.4. The molecule has 0 saturated carbocycles. The highest BCUT2D eigenvalue weighted by Gasteiger charge is 2.19. The number of aromatic nitrogens is 6. The van der Waals surface area contributed by atoms with Gasteiger partial charge in [0.15, 0.2) is 5.58 Å². The van der Waals surface area contributed by atoms with Crippen molar-refractivity contribution in [2.24, 2.45) is 0 Å². The van der Waals surface area contributed by atoms with Crippen molar-refractivity contribution in [1.29, 1.82) is 0 Å². The highest BCUT2D eigenvalue weighted by Crippen LogP contribution is 2.38. The molecule has 0 amide bonds. The van der Waals surface area contributed by atoms with Crippen molar-refractivity contribution in [3.05, 3.63) is 122 Å². The molecular weight excluding hydrogens is 508 g/mol. The maximum atomic E-state index is 5.98. The molecule has 0 aliphatic heterocycles. The van der Waals surface area contributed by atoms with Crippen LogP contribution in [-0.2, 0) is 0 Å². The van der Waals surface area contributed by atoms with Crippen molar-refractivity contribution >= 4 is 55.0 Å². The molecule has 41 heavy (non-hydrogen) atoms. The summed E-state index contributed by atoms with van der Waals surface area (Å²) in [5, 5.41) is 2.18. The minimum Gasteiger partial charge on any atom is -0.436 e. The molecule has 0 fully saturated rings. The molecule has 0 aliphatic rings. The van der Waals surface area contributed by atoms with Crippen LogP contribution in [0.1, 0.15) is 0 Å². The Balaban J connectivity index is 1.30. The van der Waals surface area contributed by atoms with E-state index in [1.807, 2.05) is 48.8 Å². The van der Waals surface area contributed by atoms with Gasteiger partial charge in [0.1, 0.15) is 5.52 Å². The molecule has 0 atom stereocenters. The minimum atomic E-state index is 0.574. The van der Waals surface area contributed by atoms with Gasteiger partial charge in [-0.1, -0.05) is 18.2 Å². The monoisotopic (exact) mass is 528 g/mol. The van der Waals surface area contributed by atoms with Crippen LogP contribution in [0.4, 0.5) is 0 Å². The second-order valence-electron chi connectivity index (χ2n) is 10.0. The predicted molar refractivity (Wildman–Crippen MR) is 162 cm³/mol. The van der Waals surface area contributed by atoms with E-state index in [0.29, 0.717) is 5.89 Å². The summed E-state index contributed by atoms with van der Waals surface area (Å²) in [7, 11) is 0. The molecule has 9 rings (SSSR count). The quantitative estimate of drug-likeness (QED) is 0.233. The van der Waals surface area contributed by atoms with Crippen molar-refractivity contribution in [2.75, 3.05) is 0 Å². The summed E-state index contributed by atoms with van der Waals surface area (Å²) < 4.78 is 10.5. The zero-order valence-electron chi connectivity index (χ0n) is 21.6. The molecule has 0 spiro atoms. The van der Waals surface area contributed by atoms with Crippen LogP contribution in [0.2, 0.25) is 0 Å². The van der Waals surface area contributed by atoms with E-state index >= 15 is 0 Å². The first-order chi connectivity index (χ1) is 20.3. The number of benzene rings is 3. The average molecular weight is 529 g/mol. The van der Waals surface area contributed by atoms with Crippen LogP contribution in [0.5, 0.6) is 0 Å². The zero-order chi connectivity index (χ0) is 26.9. The summed E-state index contributed by atoms with van der Waals surface area (Å²) in [6.07, 6.45) is 7.14. The van der Waals surface area contributed by atoms with Crippen molar-refractivity contribution < 1.29 is 4.42 Å². The summed E-state index contributed by atoms with van der Waals surface area (Å²) in [6.45, 7) is 0. The highest BCUT2D eigenvalue weighted by atomic mass is 16.3. The predicted octanol–water partition coefficient (Wildman–Crippen LogP) is 7.87. The van der Waals surface area contributed by atoms with Crippen LogP contribution >= 0.6 is 0 Å². The second-order valence-corrected chi connectivity index (χ2v) is 10.0. The summed E-state index contributed by atoms with van der Waals surface area (Å²) in [6, 6.07) is 33.3. The van der Waals surface area contributed by atoms with Crippen molar-refractivity contribution in [2.45, 2.75) is 0 Å². The summed E-state index contributed by atoms with van der Waals surface area (Å²) in [4.78, 5) is 18.4. The van der Waals surface area contributed by atoms with Gasteiger partial charge in [-0.3, -0.25) is 15.0 Å². The molecule has 9 aromatic rings. The third-order valence-corrected chi connectivity index (χ3v) is 7.74. The fourth-order valence-corrected chi connectivity index (χ4v) is 5.95. The Kier molecular flexibility index (Phi) is 4.48. The van der Waals surface area contributed by atoms with Gasteiger partial charge in [0.2, 0.25) is 5.89 Å². The minimum absolute atomic E-state index is 0.574. The van der Waals surface area contributed by atoms with Gasteiger partial charge >= 0.3 is 0 Å². The van der Waals surface area contributed by atoms with E-state index in [9.17, 15) is 0 Å². The highest BCUT2D eigenvalue weighted by molar-refractivity contribution is 6.17. The Labute approximate surface area is 233 Å². The van der Waals surface area contributed by atoms with Gasteiger partial charge in [0.25, 0.3) is 0 Å². The van der Waals surface area contributed by atoms with E-state index in [2.05, 4.69) is 79.8 Å². The van der Waals surface area contributed by atoms with E-state index in [4.69, 9.17) is 14.4 Å². The maximum absolute atomic E-state index is 5.98. The van der Waals surface area contributed by atoms with Gasteiger partial charge < -0.3 is 13.6 Å². The van der Waals surface area contributed by atoms with Crippen molar-refractivity contribution in [3.63, 3.8) is 0 Å². The normalized spacial score (nSPS) is 11.9. The standard InChI is InChI=1S/C34H20N6O/c1-2-6-22(7-3-1)39-27-8-4-15-36-32(27)24-19-30-25(18-29(24)39)33-28(9-5-16-37-33)40(30)23-12-10-21(11-13-23)34-38-26-20-35-17-14-31(26)41-34/h1-20H. The van der Waals surface area contributed by atoms with E-state index < -0.39 is 0 Å². The van der Waals surface area contributed by atoms with Crippen LogP contribution < -0.4 is 0 Å². The number of para-hydroxylation sites is 1. The molecule has 7 nitrogen and oxygen atoms in total. The van der Waals surface area contributed by atoms with Gasteiger partial charge in [0.05, 0.1) is 39.3 Å². The fourth-order valence-electron chi connectivity index (χ4n) is 5.95. The fraction of sp³-hybridized carbons (Fsp3) is 0. The van der Waals surface area contributed by atoms with Gasteiger partial charge in [0, 0.05) is 52.4 Å². The van der Waals surface area contributed by atoms with Crippen LogP contribution in [-0.4, -0.2) is 29.1 Å². The number of hydrogen-bond acceptors (Lipinski definition) is 5. The molecule has 3 aromatic carbocycles. The summed E-state index contributed by atoms with van der Waals surface area (Å²) in [5.74, 6) is 0.574. The lowest BCUT2D eigenvalue weighted by molar-refractivity contribution is 0.619. The van der Waals surface area contributed by atoms with Crippen LogP contribution in [0.15, 0.2) is 126 Å². The molecule has 0 bridgehead atoms. The number of nitrogens with zero attached hydrogens (tertiary/aromatic N) is 6. The maximum Gasteiger partial charge on any atom is 0.227 e.